The Bertz CT molecular complexity index is 820. The summed E-state index contributed by atoms with van der Waals surface area (Å²) in [5.74, 6) is 2.27. The number of rotatable bonds is 9. The quantitative estimate of drug-likeness (QED) is 0.612. The van der Waals surface area contributed by atoms with Gasteiger partial charge in [0.25, 0.3) is 5.91 Å². The summed E-state index contributed by atoms with van der Waals surface area (Å²) in [6, 6.07) is 10.8. The standard InChI is InChI=1S/C21H23Cl2N3O3/c22-14-2-5-16(6-3-14)29-13-19(27)25-21-17-11-26(12-18(17)21)8-1-9-28-20-7-4-15(23)10-24-20/h2-7,10,17-18,21H,1,8-9,11-13H2,(H,25,27)/t17-,18+,21-. The Morgan fingerprint density at radius 3 is 2.48 bits per heavy atom. The number of ether oxygens (including phenoxy) is 2. The first-order valence-corrected chi connectivity index (χ1v) is 10.5. The maximum Gasteiger partial charge on any atom is 0.258 e. The highest BCUT2D eigenvalue weighted by Crippen LogP contribution is 2.45. The van der Waals surface area contributed by atoms with Gasteiger partial charge in [0.15, 0.2) is 6.61 Å². The van der Waals surface area contributed by atoms with Crippen molar-refractivity contribution in [3.8, 4) is 11.6 Å². The van der Waals surface area contributed by atoms with Gasteiger partial charge in [0.05, 0.1) is 11.6 Å². The molecule has 1 saturated heterocycles. The molecule has 2 fully saturated rings. The van der Waals surface area contributed by atoms with E-state index in [-0.39, 0.29) is 18.6 Å². The smallest absolute Gasteiger partial charge is 0.258 e. The average molecular weight is 436 g/mol. The highest BCUT2D eigenvalue weighted by molar-refractivity contribution is 6.30. The van der Waals surface area contributed by atoms with Crippen molar-refractivity contribution in [1.29, 1.82) is 0 Å². The Kier molecular flexibility index (Phi) is 6.43. The topological polar surface area (TPSA) is 63.7 Å². The maximum atomic E-state index is 12.1. The number of fused-ring (bicyclic) bond motifs is 1. The highest BCUT2D eigenvalue weighted by Gasteiger charge is 2.56. The minimum Gasteiger partial charge on any atom is -0.484 e. The molecule has 1 aromatic heterocycles. The fourth-order valence-corrected chi connectivity index (χ4v) is 4.07. The number of amides is 1. The van der Waals surface area contributed by atoms with Crippen LogP contribution in [0.25, 0.3) is 0 Å². The van der Waals surface area contributed by atoms with Crippen LogP contribution in [0, 0.1) is 11.8 Å². The molecule has 0 unspecified atom stereocenters. The predicted molar refractivity (Wildman–Crippen MR) is 112 cm³/mol. The molecule has 0 bridgehead atoms. The van der Waals surface area contributed by atoms with Gasteiger partial charge in [0.2, 0.25) is 5.88 Å². The van der Waals surface area contributed by atoms with Gasteiger partial charge in [0.1, 0.15) is 5.75 Å². The molecule has 6 nitrogen and oxygen atoms in total. The molecule has 1 saturated carbocycles. The van der Waals surface area contributed by atoms with Crippen molar-refractivity contribution >= 4 is 29.1 Å². The maximum absolute atomic E-state index is 12.1. The zero-order valence-corrected chi connectivity index (χ0v) is 17.4. The minimum absolute atomic E-state index is 0.0252. The van der Waals surface area contributed by atoms with Crippen LogP contribution in [-0.2, 0) is 4.79 Å². The molecule has 1 N–H and O–H groups in total. The van der Waals surface area contributed by atoms with Crippen LogP contribution >= 0.6 is 23.2 Å². The molecule has 3 atom stereocenters. The monoisotopic (exact) mass is 435 g/mol. The van der Waals surface area contributed by atoms with Crippen LogP contribution < -0.4 is 14.8 Å². The van der Waals surface area contributed by atoms with E-state index in [0.717, 1.165) is 26.1 Å². The summed E-state index contributed by atoms with van der Waals surface area (Å²) >= 11 is 11.6. The molecule has 8 heteroatoms. The number of piperidine rings is 1. The number of benzene rings is 1. The Labute approximate surface area is 180 Å². The van der Waals surface area contributed by atoms with E-state index >= 15 is 0 Å². The first-order chi connectivity index (χ1) is 14.1. The van der Waals surface area contributed by atoms with Crippen molar-refractivity contribution in [2.75, 3.05) is 32.8 Å². The van der Waals surface area contributed by atoms with Gasteiger partial charge in [-0.3, -0.25) is 4.79 Å². The molecule has 154 valence electrons. The van der Waals surface area contributed by atoms with Gasteiger partial charge in [-0.1, -0.05) is 23.2 Å². The number of halogens is 2. The van der Waals surface area contributed by atoms with E-state index in [1.807, 2.05) is 0 Å². The summed E-state index contributed by atoms with van der Waals surface area (Å²) in [4.78, 5) is 18.7. The second-order valence-corrected chi connectivity index (χ2v) is 8.31. The summed E-state index contributed by atoms with van der Waals surface area (Å²) in [7, 11) is 0. The van der Waals surface area contributed by atoms with E-state index in [4.69, 9.17) is 32.7 Å². The average Bonchev–Trinajstić information content (AvgIpc) is 3.15. The van der Waals surface area contributed by atoms with E-state index in [0.29, 0.717) is 40.1 Å². The Hall–Kier alpha value is -2.02. The van der Waals surface area contributed by atoms with Gasteiger partial charge in [0, 0.05) is 43.0 Å². The molecule has 1 aliphatic carbocycles. The van der Waals surface area contributed by atoms with Crippen LogP contribution in [0.1, 0.15) is 6.42 Å². The lowest BCUT2D eigenvalue weighted by molar-refractivity contribution is -0.123. The van der Waals surface area contributed by atoms with Crippen LogP contribution in [0.2, 0.25) is 10.0 Å². The van der Waals surface area contributed by atoms with Crippen molar-refractivity contribution < 1.29 is 14.3 Å². The van der Waals surface area contributed by atoms with E-state index in [1.165, 1.54) is 0 Å². The van der Waals surface area contributed by atoms with Crippen LogP contribution in [-0.4, -0.2) is 54.7 Å². The van der Waals surface area contributed by atoms with Gasteiger partial charge in [-0.15, -0.1) is 0 Å². The SMILES string of the molecule is O=C(COc1ccc(Cl)cc1)N[C@@H]1[C@@H]2CN(CCCOc3ccc(Cl)cn3)C[C@@H]21. The van der Waals surface area contributed by atoms with Crippen molar-refractivity contribution in [2.45, 2.75) is 12.5 Å². The van der Waals surface area contributed by atoms with Crippen molar-refractivity contribution in [2.24, 2.45) is 11.8 Å². The molecular formula is C21H23Cl2N3O3. The van der Waals surface area contributed by atoms with E-state index < -0.39 is 0 Å². The van der Waals surface area contributed by atoms with E-state index in [9.17, 15) is 4.79 Å². The second kappa shape index (κ2) is 9.20. The van der Waals surface area contributed by atoms with Crippen molar-refractivity contribution in [1.82, 2.24) is 15.2 Å². The fraction of sp³-hybridized carbons (Fsp3) is 0.429. The summed E-state index contributed by atoms with van der Waals surface area (Å²) in [5.41, 5.74) is 0. The number of pyridine rings is 1. The van der Waals surface area contributed by atoms with Crippen LogP contribution in [0.5, 0.6) is 11.6 Å². The molecule has 1 aliphatic heterocycles. The zero-order valence-electron chi connectivity index (χ0n) is 15.9. The van der Waals surface area contributed by atoms with E-state index in [2.05, 4.69) is 15.2 Å². The van der Waals surface area contributed by atoms with E-state index in [1.54, 1.807) is 42.6 Å². The van der Waals surface area contributed by atoms with Crippen LogP contribution in [0.3, 0.4) is 0 Å². The third-order valence-corrected chi connectivity index (χ3v) is 5.83. The lowest BCUT2D eigenvalue weighted by atomic mass is 10.3. The summed E-state index contributed by atoms with van der Waals surface area (Å²) in [5, 5.41) is 4.34. The molecule has 1 amide bonds. The molecule has 0 spiro atoms. The molecule has 1 aromatic carbocycles. The lowest BCUT2D eigenvalue weighted by Crippen LogP contribution is -2.37. The van der Waals surface area contributed by atoms with Crippen LogP contribution in [0.4, 0.5) is 0 Å². The third-order valence-electron chi connectivity index (χ3n) is 5.35. The molecule has 4 rings (SSSR count). The molecule has 29 heavy (non-hydrogen) atoms. The number of nitrogens with zero attached hydrogens (tertiary/aromatic N) is 2. The summed E-state index contributed by atoms with van der Waals surface area (Å²) in [6.45, 7) is 3.68. The zero-order chi connectivity index (χ0) is 20.2. The number of hydrogen-bond acceptors (Lipinski definition) is 5. The number of carbonyl (C=O) groups is 1. The first-order valence-electron chi connectivity index (χ1n) is 9.73. The number of likely N-dealkylation sites (tertiary alicyclic amines) is 1. The Morgan fingerprint density at radius 2 is 1.79 bits per heavy atom. The van der Waals surface area contributed by atoms with Crippen molar-refractivity contribution in [3.63, 3.8) is 0 Å². The largest absolute Gasteiger partial charge is 0.484 e. The molecule has 2 aromatic rings. The molecule has 2 heterocycles. The van der Waals surface area contributed by atoms with Gasteiger partial charge < -0.3 is 19.7 Å². The number of hydrogen-bond donors (Lipinski definition) is 1. The highest BCUT2D eigenvalue weighted by atomic mass is 35.5. The molecule has 2 aliphatic rings. The second-order valence-electron chi connectivity index (χ2n) is 7.44. The summed E-state index contributed by atoms with van der Waals surface area (Å²) in [6.07, 6.45) is 2.52. The van der Waals surface area contributed by atoms with Gasteiger partial charge in [-0.25, -0.2) is 4.98 Å². The predicted octanol–water partition coefficient (Wildman–Crippen LogP) is 3.28. The Morgan fingerprint density at radius 1 is 1.07 bits per heavy atom. The third kappa shape index (κ3) is 5.53. The van der Waals surface area contributed by atoms with Crippen molar-refractivity contribution in [3.05, 3.63) is 52.6 Å². The lowest BCUT2D eigenvalue weighted by Gasteiger charge is -2.19. The molecular weight excluding hydrogens is 413 g/mol. The summed E-state index contributed by atoms with van der Waals surface area (Å²) < 4.78 is 11.1. The van der Waals surface area contributed by atoms with Gasteiger partial charge >= 0.3 is 0 Å². The van der Waals surface area contributed by atoms with Crippen LogP contribution in [0.15, 0.2) is 42.6 Å². The fourth-order valence-electron chi connectivity index (χ4n) is 3.83. The number of nitrogens with one attached hydrogen (secondary N) is 1. The van der Waals surface area contributed by atoms with Gasteiger partial charge in [-0.05, 0) is 48.6 Å². The number of aromatic nitrogens is 1. The Balaban J connectivity index is 1.08. The first kappa shape index (κ1) is 20.3. The number of carbonyl (C=O) groups excluding carboxylic acids is 1. The van der Waals surface area contributed by atoms with Gasteiger partial charge in [-0.2, -0.15) is 0 Å². The molecule has 0 radical (unpaired) electrons. The minimum atomic E-state index is -0.0743. The normalized spacial score (nSPS) is 22.8.